The minimum absolute atomic E-state index is 0.959. The van der Waals surface area contributed by atoms with Crippen molar-refractivity contribution >= 4 is 33.5 Å². The maximum atomic E-state index is 5.21. The van der Waals surface area contributed by atoms with Crippen molar-refractivity contribution in [3.05, 3.63) is 89.3 Å². The van der Waals surface area contributed by atoms with E-state index in [0.29, 0.717) is 0 Å². The van der Waals surface area contributed by atoms with Crippen molar-refractivity contribution in [3.63, 3.8) is 0 Å². The third kappa shape index (κ3) is 22.7. The number of hydrogen-bond donors (Lipinski definition) is 0. The van der Waals surface area contributed by atoms with E-state index in [-0.39, 0.29) is 0 Å². The van der Waals surface area contributed by atoms with Gasteiger partial charge in [0, 0.05) is 6.21 Å². The van der Waals surface area contributed by atoms with Gasteiger partial charge in [0.15, 0.2) is 0 Å². The summed E-state index contributed by atoms with van der Waals surface area (Å²) in [4.78, 5) is 10.3. The SMILES string of the molecule is CCCCCCCCc1cc(N=CC(C)=Nc2cc(CCCCCC)c(CCCCCCCC)c(-c3ccccc3)c2)cc(CC)c1CCCC.[CH2-]CCC.[Cl][Ni]. The van der Waals surface area contributed by atoms with E-state index in [1.165, 1.54) is 163 Å². The molecule has 4 heteroatoms. The van der Waals surface area contributed by atoms with Gasteiger partial charge in [0.25, 0.3) is 0 Å². The normalized spacial score (nSPS) is 11.4. The molecule has 0 saturated carbocycles. The van der Waals surface area contributed by atoms with Gasteiger partial charge in [-0.3, -0.25) is 9.98 Å². The van der Waals surface area contributed by atoms with E-state index in [1.807, 2.05) is 6.21 Å². The maximum absolute atomic E-state index is 5.21. The number of unbranched alkanes of at least 4 members (excludes halogenated alkanes) is 15. The van der Waals surface area contributed by atoms with Gasteiger partial charge in [-0.15, -0.1) is 0 Å². The molecule has 0 N–H and O–H groups in total. The molecule has 0 aliphatic rings. The van der Waals surface area contributed by atoms with Crippen LogP contribution in [0.2, 0.25) is 0 Å². The first-order valence-corrected chi connectivity index (χ1v) is 24.7. The van der Waals surface area contributed by atoms with Crippen molar-refractivity contribution < 1.29 is 14.6 Å². The second-order valence-electron chi connectivity index (χ2n) is 15.9. The average Bonchev–Trinajstić information content (AvgIpc) is 3.24. The van der Waals surface area contributed by atoms with Crippen molar-refractivity contribution in [2.24, 2.45) is 9.98 Å². The molecule has 57 heavy (non-hydrogen) atoms. The number of hydrogen-bond acceptors (Lipinski definition) is 2. The van der Waals surface area contributed by atoms with Crippen molar-refractivity contribution in [2.75, 3.05) is 0 Å². The Bertz CT molecular complexity index is 1480. The number of halogens is 1. The molecule has 0 spiro atoms. The summed E-state index contributed by atoms with van der Waals surface area (Å²) in [7, 11) is 4.26. The van der Waals surface area contributed by atoms with E-state index in [4.69, 9.17) is 9.98 Å². The van der Waals surface area contributed by atoms with Gasteiger partial charge in [-0.25, -0.2) is 0 Å². The zero-order valence-electron chi connectivity index (χ0n) is 37.7. The van der Waals surface area contributed by atoms with Gasteiger partial charge in [-0.1, -0.05) is 168 Å². The Hall–Kier alpha value is -2.22. The van der Waals surface area contributed by atoms with Crippen molar-refractivity contribution in [1.82, 2.24) is 0 Å². The zero-order valence-corrected chi connectivity index (χ0v) is 39.5. The van der Waals surface area contributed by atoms with E-state index >= 15 is 0 Å². The van der Waals surface area contributed by atoms with E-state index in [2.05, 4.69) is 135 Å². The second kappa shape index (κ2) is 35.7. The molecule has 3 aromatic carbocycles. The van der Waals surface area contributed by atoms with Crippen molar-refractivity contribution in [1.29, 1.82) is 0 Å². The van der Waals surface area contributed by atoms with E-state index in [9.17, 15) is 0 Å². The Kier molecular flexibility index (Phi) is 33.1. The molecule has 0 aliphatic carbocycles. The Morgan fingerprint density at radius 3 is 1.54 bits per heavy atom. The van der Waals surface area contributed by atoms with Gasteiger partial charge < -0.3 is 6.92 Å². The molecular weight excluding hydrogens is 759 g/mol. The molecule has 0 bridgehead atoms. The quantitative estimate of drug-likeness (QED) is 0.0301. The molecule has 323 valence electrons. The predicted octanol–water partition coefficient (Wildman–Crippen LogP) is 18.0. The number of benzene rings is 3. The summed E-state index contributed by atoms with van der Waals surface area (Å²) >= 11 is 3.35. The fourth-order valence-corrected chi connectivity index (χ4v) is 7.56. The summed E-state index contributed by atoms with van der Waals surface area (Å²) in [5.74, 6) is 0. The van der Waals surface area contributed by atoms with Gasteiger partial charge in [-0.2, -0.15) is 6.42 Å². The van der Waals surface area contributed by atoms with Gasteiger partial charge in [0.05, 0.1) is 17.1 Å². The number of aryl methyl sites for hydroxylation is 3. The van der Waals surface area contributed by atoms with Gasteiger partial charge in [-0.05, 0) is 128 Å². The molecule has 0 heterocycles. The summed E-state index contributed by atoms with van der Waals surface area (Å²) in [6.45, 7) is 19.4. The standard InChI is InChI=1S/C49H74N2.C4H9.ClH.Ni/c1-7-12-16-19-21-25-31-43-36-45(35-41(11-5)47(43)33-15-10-4)50-39-40(6)51-46-37-44(32-24-18-14-9-3)48(34-28-22-20-17-13-8-2)49(38-46)42-29-26-23-27-30-42;1-3-4-2;;/h23,26-27,29-30,35-39H,7-22,24-25,28,31-34H2,1-6H3;1,3-4H2,2H3;1H;/q;-1;;+1/p-1. The van der Waals surface area contributed by atoms with Crippen LogP contribution in [0.1, 0.15) is 205 Å². The Balaban J connectivity index is 0.00000254. The van der Waals surface area contributed by atoms with Crippen LogP contribution in [0, 0.1) is 6.92 Å². The third-order valence-electron chi connectivity index (χ3n) is 10.9. The number of aliphatic imine (C=N–C) groups is 2. The molecule has 0 radical (unpaired) electrons. The molecule has 0 amide bonds. The van der Waals surface area contributed by atoms with Crippen LogP contribution in [0.3, 0.4) is 0 Å². The molecule has 3 aromatic rings. The molecule has 0 aromatic heterocycles. The van der Waals surface area contributed by atoms with Crippen LogP contribution < -0.4 is 0 Å². The predicted molar refractivity (Wildman–Crippen MR) is 255 cm³/mol. The Labute approximate surface area is 365 Å². The molecular formula is C53H83ClN2Ni-. The molecule has 0 unspecified atom stereocenters. The van der Waals surface area contributed by atoms with Crippen LogP contribution in [-0.4, -0.2) is 11.9 Å². The molecule has 0 aliphatic heterocycles. The third-order valence-corrected chi connectivity index (χ3v) is 10.9. The van der Waals surface area contributed by atoms with Crippen LogP contribution in [0.5, 0.6) is 0 Å². The summed E-state index contributed by atoms with van der Waals surface area (Å²) < 4.78 is 0. The fourth-order valence-electron chi connectivity index (χ4n) is 7.56. The fraction of sp³-hybridized carbons (Fsp3) is 0.604. The van der Waals surface area contributed by atoms with E-state index in [1.54, 1.807) is 11.1 Å². The van der Waals surface area contributed by atoms with Gasteiger partial charge >= 0.3 is 24.8 Å². The second-order valence-corrected chi connectivity index (χ2v) is 15.9. The topological polar surface area (TPSA) is 24.7 Å². The summed E-state index contributed by atoms with van der Waals surface area (Å²) in [5.41, 5.74) is 13.4. The minimum atomic E-state index is 0.959. The van der Waals surface area contributed by atoms with Crippen LogP contribution in [0.15, 0.2) is 64.6 Å². The van der Waals surface area contributed by atoms with Crippen LogP contribution in [0.25, 0.3) is 11.1 Å². The van der Waals surface area contributed by atoms with Gasteiger partial charge in [0.2, 0.25) is 0 Å². The first-order valence-electron chi connectivity index (χ1n) is 23.3. The average molecular weight is 842 g/mol. The zero-order chi connectivity index (χ0) is 41.9. The first-order chi connectivity index (χ1) is 28.0. The van der Waals surface area contributed by atoms with Crippen molar-refractivity contribution in [2.45, 2.75) is 209 Å². The van der Waals surface area contributed by atoms with E-state index < -0.39 is 0 Å². The van der Waals surface area contributed by atoms with Crippen LogP contribution >= 0.6 is 10.2 Å². The molecule has 0 fully saturated rings. The molecule has 0 atom stereocenters. The first kappa shape index (κ1) is 52.8. The Morgan fingerprint density at radius 2 is 1.00 bits per heavy atom. The Morgan fingerprint density at radius 1 is 0.544 bits per heavy atom. The van der Waals surface area contributed by atoms with Crippen LogP contribution in [-0.2, 0) is 46.7 Å². The van der Waals surface area contributed by atoms with E-state index in [0.717, 1.165) is 42.8 Å². The molecule has 3 rings (SSSR count). The number of nitrogens with zero attached hydrogens (tertiary/aromatic N) is 2. The number of rotatable bonds is 28. The summed E-state index contributed by atoms with van der Waals surface area (Å²) in [6, 6.07) is 20.5. The van der Waals surface area contributed by atoms with Crippen LogP contribution in [0.4, 0.5) is 11.4 Å². The van der Waals surface area contributed by atoms with Crippen molar-refractivity contribution in [3.8, 4) is 11.1 Å². The van der Waals surface area contributed by atoms with Gasteiger partial charge in [0.1, 0.15) is 0 Å². The molecule has 2 nitrogen and oxygen atoms in total. The molecule has 0 saturated heterocycles. The monoisotopic (exact) mass is 841 g/mol. The summed E-state index contributed by atoms with van der Waals surface area (Å²) in [5, 5.41) is 0. The summed E-state index contributed by atoms with van der Waals surface area (Å²) in [6.07, 6.45) is 33.6.